The molecular weight excluding hydrogens is 288 g/mol. The van der Waals surface area contributed by atoms with Gasteiger partial charge in [0, 0.05) is 11.1 Å². The van der Waals surface area contributed by atoms with Gasteiger partial charge in [-0.3, -0.25) is 20.4 Å². The van der Waals surface area contributed by atoms with Crippen LogP contribution in [-0.2, 0) is 12.8 Å². The first kappa shape index (κ1) is 15.3. The minimum absolute atomic E-state index is 0.291. The molecule has 0 heterocycles. The zero-order chi connectivity index (χ0) is 16.2. The molecule has 0 aromatic heterocycles. The van der Waals surface area contributed by atoms with E-state index in [0.29, 0.717) is 11.1 Å². The van der Waals surface area contributed by atoms with Gasteiger partial charge in [-0.05, 0) is 67.5 Å². The maximum atomic E-state index is 12.2. The molecule has 0 radical (unpaired) electrons. The SMILES string of the molecule is Cc1ccccc1C(=O)NNC(=O)c1ccc2c(c1)CCCC2. The van der Waals surface area contributed by atoms with Crippen molar-refractivity contribution in [2.75, 3.05) is 0 Å². The highest BCUT2D eigenvalue weighted by molar-refractivity contribution is 5.99. The molecule has 0 unspecified atom stereocenters. The van der Waals surface area contributed by atoms with Gasteiger partial charge in [0.1, 0.15) is 0 Å². The summed E-state index contributed by atoms with van der Waals surface area (Å²) >= 11 is 0. The van der Waals surface area contributed by atoms with Crippen molar-refractivity contribution in [1.82, 2.24) is 10.9 Å². The molecule has 2 N–H and O–H groups in total. The highest BCUT2D eigenvalue weighted by Crippen LogP contribution is 2.22. The fourth-order valence-electron chi connectivity index (χ4n) is 2.96. The van der Waals surface area contributed by atoms with Gasteiger partial charge in [-0.1, -0.05) is 24.3 Å². The Bertz CT molecular complexity index is 753. The molecule has 0 atom stereocenters. The Labute approximate surface area is 135 Å². The quantitative estimate of drug-likeness (QED) is 0.838. The number of carbonyl (C=O) groups excluding carboxylic acids is 2. The molecule has 0 aliphatic heterocycles. The van der Waals surface area contributed by atoms with Crippen molar-refractivity contribution in [1.29, 1.82) is 0 Å². The van der Waals surface area contributed by atoms with Gasteiger partial charge in [-0.15, -0.1) is 0 Å². The molecule has 0 fully saturated rings. The molecule has 0 saturated carbocycles. The van der Waals surface area contributed by atoms with E-state index in [2.05, 4.69) is 10.9 Å². The van der Waals surface area contributed by atoms with E-state index in [9.17, 15) is 9.59 Å². The second-order valence-electron chi connectivity index (χ2n) is 5.91. The molecule has 2 aromatic rings. The van der Waals surface area contributed by atoms with E-state index in [0.717, 1.165) is 18.4 Å². The van der Waals surface area contributed by atoms with Crippen molar-refractivity contribution < 1.29 is 9.59 Å². The third-order valence-electron chi connectivity index (χ3n) is 4.29. The molecular formula is C19H20N2O2. The number of aryl methyl sites for hydroxylation is 3. The van der Waals surface area contributed by atoms with Gasteiger partial charge in [0.05, 0.1) is 0 Å². The fraction of sp³-hybridized carbons (Fsp3) is 0.263. The van der Waals surface area contributed by atoms with Gasteiger partial charge in [-0.25, -0.2) is 0 Å². The van der Waals surface area contributed by atoms with E-state index < -0.39 is 0 Å². The summed E-state index contributed by atoms with van der Waals surface area (Å²) in [5.41, 5.74) is 9.55. The maximum absolute atomic E-state index is 12.2. The van der Waals surface area contributed by atoms with E-state index in [-0.39, 0.29) is 11.8 Å². The number of hydrazine groups is 1. The van der Waals surface area contributed by atoms with Crippen LogP contribution in [0.1, 0.15) is 50.2 Å². The minimum atomic E-state index is -0.311. The van der Waals surface area contributed by atoms with Crippen LogP contribution in [0.5, 0.6) is 0 Å². The van der Waals surface area contributed by atoms with Gasteiger partial charge in [-0.2, -0.15) is 0 Å². The fourth-order valence-corrected chi connectivity index (χ4v) is 2.96. The molecule has 2 amide bonds. The van der Waals surface area contributed by atoms with E-state index in [4.69, 9.17) is 0 Å². The van der Waals surface area contributed by atoms with E-state index in [1.54, 1.807) is 12.1 Å². The lowest BCUT2D eigenvalue weighted by Gasteiger charge is -2.16. The number of hydrogen-bond donors (Lipinski definition) is 2. The van der Waals surface area contributed by atoms with Crippen LogP contribution in [0.4, 0.5) is 0 Å². The van der Waals surface area contributed by atoms with Crippen LogP contribution < -0.4 is 10.9 Å². The Morgan fingerprint density at radius 3 is 2.35 bits per heavy atom. The van der Waals surface area contributed by atoms with Crippen LogP contribution in [0.2, 0.25) is 0 Å². The first-order valence-corrected chi connectivity index (χ1v) is 7.93. The maximum Gasteiger partial charge on any atom is 0.269 e. The van der Waals surface area contributed by atoms with Gasteiger partial charge >= 0.3 is 0 Å². The molecule has 2 aromatic carbocycles. The van der Waals surface area contributed by atoms with Crippen molar-refractivity contribution in [3.63, 3.8) is 0 Å². The van der Waals surface area contributed by atoms with E-state index in [1.807, 2.05) is 37.3 Å². The number of amides is 2. The molecule has 4 nitrogen and oxygen atoms in total. The second-order valence-corrected chi connectivity index (χ2v) is 5.91. The summed E-state index contributed by atoms with van der Waals surface area (Å²) in [6, 6.07) is 13.0. The summed E-state index contributed by atoms with van der Waals surface area (Å²) in [6.45, 7) is 1.86. The predicted octanol–water partition coefficient (Wildman–Crippen LogP) is 2.95. The number of rotatable bonds is 2. The van der Waals surface area contributed by atoms with Crippen molar-refractivity contribution in [3.8, 4) is 0 Å². The number of fused-ring (bicyclic) bond motifs is 1. The van der Waals surface area contributed by atoms with Crippen molar-refractivity contribution in [3.05, 3.63) is 70.3 Å². The van der Waals surface area contributed by atoms with E-state index in [1.165, 1.54) is 24.0 Å². The van der Waals surface area contributed by atoms with Crippen molar-refractivity contribution in [2.45, 2.75) is 32.6 Å². The lowest BCUT2D eigenvalue weighted by molar-refractivity contribution is 0.0846. The average Bonchev–Trinajstić information content (AvgIpc) is 2.59. The number of benzene rings is 2. The zero-order valence-corrected chi connectivity index (χ0v) is 13.2. The summed E-state index contributed by atoms with van der Waals surface area (Å²) in [7, 11) is 0. The lowest BCUT2D eigenvalue weighted by atomic mass is 9.90. The zero-order valence-electron chi connectivity index (χ0n) is 13.2. The van der Waals surface area contributed by atoms with E-state index >= 15 is 0 Å². The molecule has 0 spiro atoms. The standard InChI is InChI=1S/C19H20N2O2/c1-13-6-2-5-9-17(13)19(23)21-20-18(22)16-11-10-14-7-3-4-8-15(14)12-16/h2,5-6,9-12H,3-4,7-8H2,1H3,(H,20,22)(H,21,23). The Morgan fingerprint density at radius 2 is 1.57 bits per heavy atom. The van der Waals surface area contributed by atoms with Crippen LogP contribution in [0, 0.1) is 6.92 Å². The number of hydrogen-bond acceptors (Lipinski definition) is 2. The highest BCUT2D eigenvalue weighted by atomic mass is 16.2. The largest absolute Gasteiger partial charge is 0.269 e. The number of carbonyl (C=O) groups is 2. The average molecular weight is 308 g/mol. The lowest BCUT2D eigenvalue weighted by Crippen LogP contribution is -2.41. The topological polar surface area (TPSA) is 58.2 Å². The van der Waals surface area contributed by atoms with Crippen LogP contribution >= 0.6 is 0 Å². The van der Waals surface area contributed by atoms with Crippen LogP contribution in [0.3, 0.4) is 0 Å². The third-order valence-corrected chi connectivity index (χ3v) is 4.29. The molecule has 1 aliphatic carbocycles. The molecule has 1 aliphatic rings. The molecule has 0 saturated heterocycles. The Hall–Kier alpha value is -2.62. The predicted molar refractivity (Wildman–Crippen MR) is 89.2 cm³/mol. The van der Waals surface area contributed by atoms with Crippen molar-refractivity contribution >= 4 is 11.8 Å². The van der Waals surface area contributed by atoms with Crippen LogP contribution in [-0.4, -0.2) is 11.8 Å². The Morgan fingerprint density at radius 1 is 0.870 bits per heavy atom. The first-order valence-electron chi connectivity index (χ1n) is 7.93. The minimum Gasteiger partial charge on any atom is -0.267 e. The van der Waals surface area contributed by atoms with Gasteiger partial charge in [0.25, 0.3) is 11.8 Å². The molecule has 3 rings (SSSR count). The summed E-state index contributed by atoms with van der Waals surface area (Å²) in [5, 5.41) is 0. The first-order chi connectivity index (χ1) is 11.1. The summed E-state index contributed by atoms with van der Waals surface area (Å²) in [4.78, 5) is 24.3. The molecule has 23 heavy (non-hydrogen) atoms. The highest BCUT2D eigenvalue weighted by Gasteiger charge is 2.14. The van der Waals surface area contributed by atoms with Gasteiger partial charge in [0.15, 0.2) is 0 Å². The summed E-state index contributed by atoms with van der Waals surface area (Å²) in [5.74, 6) is -0.602. The monoisotopic (exact) mass is 308 g/mol. The smallest absolute Gasteiger partial charge is 0.267 e. The normalized spacial score (nSPS) is 13.1. The Kier molecular flexibility index (Phi) is 4.42. The summed E-state index contributed by atoms with van der Waals surface area (Å²) in [6.07, 6.45) is 4.49. The molecule has 118 valence electrons. The van der Waals surface area contributed by atoms with Crippen LogP contribution in [0.25, 0.3) is 0 Å². The molecule has 0 bridgehead atoms. The summed E-state index contributed by atoms with van der Waals surface area (Å²) < 4.78 is 0. The molecule has 4 heteroatoms. The van der Waals surface area contributed by atoms with Crippen LogP contribution in [0.15, 0.2) is 42.5 Å². The van der Waals surface area contributed by atoms with Crippen molar-refractivity contribution in [2.24, 2.45) is 0 Å². The van der Waals surface area contributed by atoms with Gasteiger partial charge in [0.2, 0.25) is 0 Å². The van der Waals surface area contributed by atoms with Gasteiger partial charge < -0.3 is 0 Å². The second kappa shape index (κ2) is 6.65. The third kappa shape index (κ3) is 3.42. The Balaban J connectivity index is 1.66. The number of nitrogens with one attached hydrogen (secondary N) is 2.